The summed E-state index contributed by atoms with van der Waals surface area (Å²) < 4.78 is 18.5. The highest BCUT2D eigenvalue weighted by molar-refractivity contribution is 6.31. The predicted molar refractivity (Wildman–Crippen MR) is 113 cm³/mol. The number of hydrogen-bond acceptors (Lipinski definition) is 4. The minimum absolute atomic E-state index is 0.139. The van der Waals surface area contributed by atoms with Crippen LogP contribution in [-0.2, 0) is 0 Å². The van der Waals surface area contributed by atoms with Crippen LogP contribution in [0, 0.1) is 5.82 Å². The van der Waals surface area contributed by atoms with Gasteiger partial charge in [0.05, 0.1) is 0 Å². The van der Waals surface area contributed by atoms with Gasteiger partial charge in [0.25, 0.3) is 5.91 Å². The zero-order valence-electron chi connectivity index (χ0n) is 15.5. The van der Waals surface area contributed by atoms with Crippen molar-refractivity contribution in [3.8, 4) is 22.9 Å². The molecule has 5 nitrogen and oxygen atoms in total. The Morgan fingerprint density at radius 2 is 1.63 bits per heavy atom. The van der Waals surface area contributed by atoms with Gasteiger partial charge in [-0.2, -0.15) is 0 Å². The molecule has 0 aliphatic carbocycles. The summed E-state index contributed by atoms with van der Waals surface area (Å²) in [5, 5.41) is 3.36. The number of anilines is 1. The highest BCUT2D eigenvalue weighted by Gasteiger charge is 2.09. The Bertz CT molecular complexity index is 1180. The summed E-state index contributed by atoms with van der Waals surface area (Å²) in [4.78, 5) is 20.9. The Morgan fingerprint density at radius 1 is 0.900 bits per heavy atom. The van der Waals surface area contributed by atoms with Crippen LogP contribution < -0.4 is 10.1 Å². The van der Waals surface area contributed by atoms with E-state index < -0.39 is 0 Å². The van der Waals surface area contributed by atoms with Gasteiger partial charge in [0.2, 0.25) is 0 Å². The van der Waals surface area contributed by atoms with Crippen molar-refractivity contribution in [1.29, 1.82) is 0 Å². The summed E-state index contributed by atoms with van der Waals surface area (Å²) in [7, 11) is 0. The Morgan fingerprint density at radius 3 is 2.37 bits per heavy atom. The first-order valence-corrected chi connectivity index (χ1v) is 9.37. The van der Waals surface area contributed by atoms with Crippen LogP contribution in [0.25, 0.3) is 11.1 Å². The van der Waals surface area contributed by atoms with Crippen LogP contribution in [-0.4, -0.2) is 15.9 Å². The molecule has 30 heavy (non-hydrogen) atoms. The van der Waals surface area contributed by atoms with E-state index in [-0.39, 0.29) is 17.7 Å². The molecule has 0 aliphatic rings. The average Bonchev–Trinajstić information content (AvgIpc) is 2.76. The van der Waals surface area contributed by atoms with Crippen LogP contribution in [0.3, 0.4) is 0 Å². The number of carbonyl (C=O) groups is 1. The number of nitrogens with one attached hydrogen (secondary N) is 1. The first kappa shape index (κ1) is 19.5. The number of ether oxygens (including phenoxy) is 1. The summed E-state index contributed by atoms with van der Waals surface area (Å²) in [6, 6.07) is 19.8. The lowest BCUT2D eigenvalue weighted by Crippen LogP contribution is -2.11. The lowest BCUT2D eigenvalue weighted by molar-refractivity contribution is 0.102. The largest absolute Gasteiger partial charge is 0.424 e. The van der Waals surface area contributed by atoms with E-state index in [0.717, 1.165) is 11.1 Å². The van der Waals surface area contributed by atoms with Gasteiger partial charge >= 0.3 is 6.01 Å². The number of rotatable bonds is 5. The fourth-order valence-corrected chi connectivity index (χ4v) is 2.93. The van der Waals surface area contributed by atoms with Crippen LogP contribution in [0.15, 0.2) is 85.2 Å². The lowest BCUT2D eigenvalue weighted by atomic mass is 10.1. The van der Waals surface area contributed by atoms with E-state index in [1.54, 1.807) is 54.9 Å². The minimum atomic E-state index is -0.349. The molecule has 1 N–H and O–H groups in total. The molecule has 0 unspecified atom stereocenters. The maximum atomic E-state index is 13.0. The molecule has 0 fully saturated rings. The molecule has 0 spiro atoms. The maximum Gasteiger partial charge on any atom is 0.321 e. The van der Waals surface area contributed by atoms with E-state index in [9.17, 15) is 9.18 Å². The molecular weight excluding hydrogens is 405 g/mol. The quantitative estimate of drug-likeness (QED) is 0.432. The molecule has 1 heterocycles. The summed E-state index contributed by atoms with van der Waals surface area (Å²) in [5.74, 6) is -0.168. The third kappa shape index (κ3) is 4.79. The Balaban J connectivity index is 1.49. The van der Waals surface area contributed by atoms with E-state index in [1.165, 1.54) is 24.3 Å². The number of hydrogen-bond donors (Lipinski definition) is 1. The Kier molecular flexibility index (Phi) is 5.68. The number of aromatic nitrogens is 2. The second-order valence-corrected chi connectivity index (χ2v) is 6.79. The molecule has 1 amide bonds. The van der Waals surface area contributed by atoms with Gasteiger partial charge in [-0.05, 0) is 60.2 Å². The van der Waals surface area contributed by atoms with Crippen LogP contribution in [0.1, 0.15) is 10.4 Å². The first-order chi connectivity index (χ1) is 14.6. The Hall–Kier alpha value is -3.77. The molecule has 4 aromatic rings. The van der Waals surface area contributed by atoms with Gasteiger partial charge in [-0.1, -0.05) is 29.8 Å². The van der Waals surface area contributed by atoms with Gasteiger partial charge in [-0.15, -0.1) is 0 Å². The molecule has 148 valence electrons. The summed E-state index contributed by atoms with van der Waals surface area (Å²) >= 11 is 5.96. The van der Waals surface area contributed by atoms with Gasteiger partial charge in [-0.3, -0.25) is 4.79 Å². The van der Waals surface area contributed by atoms with Crippen molar-refractivity contribution in [3.63, 3.8) is 0 Å². The number of amides is 1. The zero-order valence-corrected chi connectivity index (χ0v) is 16.3. The second-order valence-electron chi connectivity index (χ2n) is 6.36. The molecular formula is C23H15ClFN3O2. The van der Waals surface area contributed by atoms with Gasteiger partial charge < -0.3 is 10.1 Å². The molecule has 0 atom stereocenters. The minimum Gasteiger partial charge on any atom is -0.424 e. The van der Waals surface area contributed by atoms with Crippen molar-refractivity contribution < 1.29 is 13.9 Å². The lowest BCUT2D eigenvalue weighted by Gasteiger charge is -2.08. The van der Waals surface area contributed by atoms with Crippen molar-refractivity contribution in [1.82, 2.24) is 9.97 Å². The van der Waals surface area contributed by atoms with Crippen molar-refractivity contribution >= 4 is 23.2 Å². The second kappa shape index (κ2) is 8.71. The van der Waals surface area contributed by atoms with E-state index >= 15 is 0 Å². The Labute approximate surface area is 177 Å². The number of benzene rings is 3. The number of carbonyl (C=O) groups excluding carboxylic acids is 1. The molecule has 7 heteroatoms. The van der Waals surface area contributed by atoms with Crippen molar-refractivity contribution in [3.05, 3.63) is 102 Å². The van der Waals surface area contributed by atoms with Crippen molar-refractivity contribution in [2.24, 2.45) is 0 Å². The average molecular weight is 420 g/mol. The van der Waals surface area contributed by atoms with E-state index in [2.05, 4.69) is 15.3 Å². The monoisotopic (exact) mass is 419 g/mol. The zero-order chi connectivity index (χ0) is 20.9. The molecule has 4 rings (SSSR count). The smallest absolute Gasteiger partial charge is 0.321 e. The SMILES string of the molecule is O=C(Nc1cccc(Cl)c1)c1cccc(-c2cnc(Oc3ccc(F)cc3)nc2)c1. The first-order valence-electron chi connectivity index (χ1n) is 9.00. The van der Waals surface area contributed by atoms with E-state index in [0.29, 0.717) is 22.0 Å². The molecule has 0 aliphatic heterocycles. The van der Waals surface area contributed by atoms with Gasteiger partial charge in [-0.25, -0.2) is 14.4 Å². The van der Waals surface area contributed by atoms with E-state index in [1.807, 2.05) is 6.07 Å². The van der Waals surface area contributed by atoms with Gasteiger partial charge in [0, 0.05) is 34.2 Å². The highest BCUT2D eigenvalue weighted by atomic mass is 35.5. The summed E-state index contributed by atoms with van der Waals surface area (Å²) in [5.41, 5.74) is 2.60. The number of nitrogens with zero attached hydrogens (tertiary/aromatic N) is 2. The summed E-state index contributed by atoms with van der Waals surface area (Å²) in [6.45, 7) is 0. The fraction of sp³-hybridized carbons (Fsp3) is 0. The maximum absolute atomic E-state index is 13.0. The molecule has 1 aromatic heterocycles. The molecule has 0 saturated heterocycles. The van der Waals surface area contributed by atoms with Crippen LogP contribution in [0.5, 0.6) is 11.8 Å². The summed E-state index contributed by atoms with van der Waals surface area (Å²) in [6.07, 6.45) is 3.19. The van der Waals surface area contributed by atoms with E-state index in [4.69, 9.17) is 16.3 Å². The van der Waals surface area contributed by atoms with Crippen LogP contribution >= 0.6 is 11.6 Å². The molecule has 0 radical (unpaired) electrons. The standard InChI is InChI=1S/C23H15ClFN3O2/c24-18-5-2-6-20(12-18)28-22(29)16-4-1-3-15(11-16)17-13-26-23(27-14-17)30-21-9-7-19(25)8-10-21/h1-14H,(H,28,29). The molecule has 3 aromatic carbocycles. The molecule has 0 saturated carbocycles. The van der Waals surface area contributed by atoms with Gasteiger partial charge in [0.15, 0.2) is 0 Å². The van der Waals surface area contributed by atoms with Crippen LogP contribution in [0.2, 0.25) is 5.02 Å². The van der Waals surface area contributed by atoms with Crippen LogP contribution in [0.4, 0.5) is 10.1 Å². The van der Waals surface area contributed by atoms with Crippen molar-refractivity contribution in [2.75, 3.05) is 5.32 Å². The third-order valence-electron chi connectivity index (χ3n) is 4.19. The predicted octanol–water partition coefficient (Wildman–Crippen LogP) is 5.98. The fourth-order valence-electron chi connectivity index (χ4n) is 2.74. The number of halogens is 2. The topological polar surface area (TPSA) is 64.1 Å². The highest BCUT2D eigenvalue weighted by Crippen LogP contribution is 2.23. The third-order valence-corrected chi connectivity index (χ3v) is 4.43. The van der Waals surface area contributed by atoms with Crippen molar-refractivity contribution in [2.45, 2.75) is 0 Å². The normalized spacial score (nSPS) is 10.5. The van der Waals surface area contributed by atoms with Gasteiger partial charge in [0.1, 0.15) is 11.6 Å². The molecule has 0 bridgehead atoms.